The van der Waals surface area contributed by atoms with Crippen LogP contribution in [0.25, 0.3) is 0 Å². The Morgan fingerprint density at radius 1 is 0.531 bits per heavy atom. The van der Waals surface area contributed by atoms with Crippen molar-refractivity contribution in [3.63, 3.8) is 0 Å². The van der Waals surface area contributed by atoms with Crippen LogP contribution in [0.2, 0.25) is 0 Å². The number of methoxy groups -OCH3 is 4. The second-order valence-corrected chi connectivity index (χ2v) is 19.0. The van der Waals surface area contributed by atoms with Crippen LogP contribution in [0.15, 0.2) is 119 Å². The van der Waals surface area contributed by atoms with Crippen LogP contribution in [0.4, 0.5) is 0 Å². The molecular weight excluding hydrogens is 859 g/mol. The molecule has 0 unspecified atom stereocenters. The number of rotatable bonds is 20. The summed E-state index contributed by atoms with van der Waals surface area (Å²) in [4.78, 5) is 13.3. The molecule has 0 saturated carbocycles. The number of benzene rings is 4. The zero-order valence-electron chi connectivity index (χ0n) is 37.7. The summed E-state index contributed by atoms with van der Waals surface area (Å²) >= 11 is 0. The molecule has 18 heteroatoms. The average molecular weight is 916 g/mol. The second kappa shape index (κ2) is 22.0. The predicted molar refractivity (Wildman–Crippen MR) is 243 cm³/mol. The molecule has 0 spiro atoms. The van der Waals surface area contributed by atoms with E-state index in [1.807, 2.05) is 79.8 Å². The average Bonchev–Trinajstić information content (AvgIpc) is 3.88. The van der Waals surface area contributed by atoms with E-state index >= 15 is 0 Å². The van der Waals surface area contributed by atoms with Crippen molar-refractivity contribution in [2.24, 2.45) is 14.1 Å². The number of carbonyl (C=O) groups is 1. The van der Waals surface area contributed by atoms with Crippen LogP contribution in [-0.2, 0) is 66.9 Å². The number of aldehydes is 1. The topological polar surface area (TPSA) is 168 Å². The summed E-state index contributed by atoms with van der Waals surface area (Å²) in [6, 6.07) is 32.4. The van der Waals surface area contributed by atoms with Crippen molar-refractivity contribution in [1.82, 2.24) is 33.1 Å². The number of sulfonamides is 2. The van der Waals surface area contributed by atoms with Crippen molar-refractivity contribution in [1.29, 1.82) is 0 Å². The van der Waals surface area contributed by atoms with Gasteiger partial charge in [-0.15, -0.1) is 0 Å². The summed E-state index contributed by atoms with van der Waals surface area (Å²) in [6.07, 6.45) is 0.573. The molecule has 2 aromatic heterocycles. The predicted octanol–water partition coefficient (Wildman–Crippen LogP) is 6.31. The first-order valence-corrected chi connectivity index (χ1v) is 23.1. The van der Waals surface area contributed by atoms with E-state index in [-0.39, 0.29) is 41.9 Å². The molecule has 0 amide bonds. The SMILES string of the molecule is COc1ccc(CN(Cc2ccc(OC)cc2)S(=O)(=O)c2cc(C=O)n(C)n2)cc1.COc1ccc(CN(Cc2ccc(OC)cc2)S(=O)(=O)c2cc(CN(C)C(C)C)n(C)n2)cc1. The molecule has 2 heterocycles. The van der Waals surface area contributed by atoms with Crippen LogP contribution >= 0.6 is 0 Å². The third-order valence-corrected chi connectivity index (χ3v) is 13.9. The normalized spacial score (nSPS) is 11.8. The molecule has 0 aliphatic carbocycles. The van der Waals surface area contributed by atoms with Crippen molar-refractivity contribution < 1.29 is 40.6 Å². The van der Waals surface area contributed by atoms with Gasteiger partial charge in [-0.3, -0.25) is 19.1 Å². The van der Waals surface area contributed by atoms with Gasteiger partial charge in [-0.2, -0.15) is 18.8 Å². The van der Waals surface area contributed by atoms with Gasteiger partial charge in [0.2, 0.25) is 0 Å². The van der Waals surface area contributed by atoms with Crippen molar-refractivity contribution in [2.45, 2.75) is 62.7 Å². The van der Waals surface area contributed by atoms with Gasteiger partial charge < -0.3 is 18.9 Å². The largest absolute Gasteiger partial charge is 0.497 e. The summed E-state index contributed by atoms with van der Waals surface area (Å²) in [7, 11) is 3.83. The Balaban J connectivity index is 0.000000243. The fraction of sp³-hybridized carbons (Fsp3) is 0.326. The Hall–Kier alpha value is -6.05. The fourth-order valence-electron chi connectivity index (χ4n) is 6.33. The Labute approximate surface area is 376 Å². The molecule has 16 nitrogen and oxygen atoms in total. The van der Waals surface area contributed by atoms with Crippen LogP contribution in [0.3, 0.4) is 0 Å². The highest BCUT2D eigenvalue weighted by atomic mass is 32.2. The van der Waals surface area contributed by atoms with Crippen LogP contribution in [0.1, 0.15) is 52.3 Å². The molecule has 0 aliphatic heterocycles. The van der Waals surface area contributed by atoms with E-state index < -0.39 is 20.0 Å². The molecule has 64 heavy (non-hydrogen) atoms. The lowest BCUT2D eigenvalue weighted by Crippen LogP contribution is -2.30. The fourth-order valence-corrected chi connectivity index (χ4v) is 9.15. The highest BCUT2D eigenvalue weighted by molar-refractivity contribution is 7.89. The van der Waals surface area contributed by atoms with Crippen LogP contribution < -0.4 is 18.9 Å². The summed E-state index contributed by atoms with van der Waals surface area (Å²) in [5, 5.41) is 8.28. The van der Waals surface area contributed by atoms with Crippen LogP contribution in [0.5, 0.6) is 23.0 Å². The van der Waals surface area contributed by atoms with Gasteiger partial charge in [0.25, 0.3) is 20.0 Å². The summed E-state index contributed by atoms with van der Waals surface area (Å²) in [6.45, 7) is 5.47. The van der Waals surface area contributed by atoms with Crippen LogP contribution in [0, 0.1) is 0 Å². The number of hydrogen-bond donors (Lipinski definition) is 0. The third kappa shape index (κ3) is 12.6. The molecule has 4 aromatic carbocycles. The maximum Gasteiger partial charge on any atom is 0.263 e. The molecule has 0 aliphatic rings. The smallest absolute Gasteiger partial charge is 0.263 e. The molecule has 0 atom stereocenters. The monoisotopic (exact) mass is 915 g/mol. The van der Waals surface area contributed by atoms with Gasteiger partial charge in [-0.1, -0.05) is 48.5 Å². The summed E-state index contributed by atoms with van der Waals surface area (Å²) < 4.78 is 80.7. The number of hydrogen-bond acceptors (Lipinski definition) is 12. The maximum absolute atomic E-state index is 13.8. The molecule has 0 radical (unpaired) electrons. The van der Waals surface area contributed by atoms with E-state index in [1.165, 1.54) is 26.4 Å². The van der Waals surface area contributed by atoms with Crippen molar-refractivity contribution in [3.8, 4) is 23.0 Å². The molecule has 0 fully saturated rings. The van der Waals surface area contributed by atoms with E-state index in [2.05, 4.69) is 28.9 Å². The van der Waals surface area contributed by atoms with E-state index in [4.69, 9.17) is 18.9 Å². The lowest BCUT2D eigenvalue weighted by Gasteiger charge is -2.22. The first-order chi connectivity index (χ1) is 30.5. The Kier molecular flexibility index (Phi) is 16.9. The number of carbonyl (C=O) groups excluding carboxylic acids is 1. The minimum atomic E-state index is -3.96. The number of ether oxygens (including phenoxy) is 4. The molecule has 0 N–H and O–H groups in total. The molecule has 6 rings (SSSR count). The van der Waals surface area contributed by atoms with Gasteiger partial charge >= 0.3 is 0 Å². The van der Waals surface area contributed by atoms with Gasteiger partial charge in [-0.05, 0) is 91.7 Å². The van der Waals surface area contributed by atoms with Gasteiger partial charge in [0.05, 0.1) is 34.1 Å². The molecule has 0 bridgehead atoms. The van der Waals surface area contributed by atoms with E-state index in [0.29, 0.717) is 30.4 Å². The maximum atomic E-state index is 13.8. The standard InChI is InChI=1S/C25H34N4O4S.C21H23N3O5S/c1-19(2)27(3)18-22-15-25(26-28(22)4)34(30,31)29(16-20-7-11-23(32-5)12-8-20)17-21-9-13-24(33-6)14-10-21;1-23-18(15-25)12-21(22-23)30(26,27)24(13-16-4-8-19(28-2)9-5-16)14-17-6-10-20(29-3)11-7-17/h7-15,19H,16-18H2,1-6H3;4-12,15H,13-14H2,1-3H3. The van der Waals surface area contributed by atoms with E-state index in [9.17, 15) is 21.6 Å². The molecule has 6 aromatic rings. The molecule has 342 valence electrons. The highest BCUT2D eigenvalue weighted by Crippen LogP contribution is 2.26. The van der Waals surface area contributed by atoms with Gasteiger partial charge in [0, 0.05) is 65.0 Å². The quantitative estimate of drug-likeness (QED) is 0.0785. The number of aromatic nitrogens is 4. The van der Waals surface area contributed by atoms with Gasteiger partial charge in [0.1, 0.15) is 28.7 Å². The zero-order valence-corrected chi connectivity index (χ0v) is 39.3. The molecule has 0 saturated heterocycles. The van der Waals surface area contributed by atoms with E-state index in [1.54, 1.807) is 70.5 Å². The van der Waals surface area contributed by atoms with Crippen molar-refractivity contribution >= 4 is 26.3 Å². The lowest BCUT2D eigenvalue weighted by molar-refractivity contribution is 0.111. The Bertz CT molecular complexity index is 2550. The summed E-state index contributed by atoms with van der Waals surface area (Å²) in [5.74, 6) is 2.81. The molecular formula is C46H57N7O9S2. The van der Waals surface area contributed by atoms with Crippen LogP contribution in [-0.4, -0.2) is 97.7 Å². The number of nitrogens with zero attached hydrogens (tertiary/aromatic N) is 7. The third-order valence-electron chi connectivity index (χ3n) is 10.5. The van der Waals surface area contributed by atoms with E-state index in [0.717, 1.165) is 39.4 Å². The Morgan fingerprint density at radius 2 is 0.844 bits per heavy atom. The Morgan fingerprint density at radius 3 is 1.12 bits per heavy atom. The first-order valence-electron chi connectivity index (χ1n) is 20.3. The summed E-state index contributed by atoms with van der Waals surface area (Å²) in [5.41, 5.74) is 4.31. The van der Waals surface area contributed by atoms with Crippen molar-refractivity contribution in [2.75, 3.05) is 35.5 Å². The minimum Gasteiger partial charge on any atom is -0.497 e. The van der Waals surface area contributed by atoms with Crippen molar-refractivity contribution in [3.05, 3.63) is 143 Å². The first kappa shape index (κ1) is 49.0. The zero-order chi connectivity index (χ0) is 46.6. The highest BCUT2D eigenvalue weighted by Gasteiger charge is 2.30. The van der Waals surface area contributed by atoms with Gasteiger partial charge in [-0.25, -0.2) is 16.8 Å². The number of aryl methyl sites for hydroxylation is 2. The van der Waals surface area contributed by atoms with Gasteiger partial charge in [0.15, 0.2) is 16.3 Å². The lowest BCUT2D eigenvalue weighted by atomic mass is 10.2. The second-order valence-electron chi connectivity index (χ2n) is 15.2. The minimum absolute atomic E-state index is 0.0455.